The average Bonchev–Trinajstić information content (AvgIpc) is 2.90. The third-order valence-electron chi connectivity index (χ3n) is 5.74. The molecule has 1 aliphatic rings. The maximum absolute atomic E-state index is 13.1. The van der Waals surface area contributed by atoms with E-state index in [9.17, 15) is 37.1 Å². The third kappa shape index (κ3) is 6.20. The van der Waals surface area contributed by atoms with E-state index in [1.54, 1.807) is 24.3 Å². The minimum atomic E-state index is -4.73. The van der Waals surface area contributed by atoms with Crippen LogP contribution in [0.25, 0.3) is 0 Å². The lowest BCUT2D eigenvalue weighted by atomic mass is 10.1. The highest BCUT2D eigenvalue weighted by Crippen LogP contribution is 2.32. The fraction of sp³-hybridized carbons (Fsp3) is 0.111. The molecule has 1 fully saturated rings. The summed E-state index contributed by atoms with van der Waals surface area (Å²) in [6.45, 7) is 1.90. The van der Waals surface area contributed by atoms with E-state index < -0.39 is 47.1 Å². The normalized spacial score (nSPS) is 15.7. The number of halogens is 3. The van der Waals surface area contributed by atoms with E-state index in [4.69, 9.17) is 0 Å². The molecule has 1 saturated heterocycles. The molecule has 1 aliphatic heterocycles. The number of hydrazone groups is 1. The molecule has 4 rings (SSSR count). The molecule has 1 heterocycles. The van der Waals surface area contributed by atoms with Gasteiger partial charge in [-0.3, -0.25) is 24.5 Å². The number of alkyl halides is 3. The molecular weight excluding hydrogens is 531 g/mol. The third-order valence-corrected chi connectivity index (χ3v) is 5.74. The van der Waals surface area contributed by atoms with Crippen LogP contribution in [0.5, 0.6) is 0 Å². The van der Waals surface area contributed by atoms with E-state index >= 15 is 0 Å². The van der Waals surface area contributed by atoms with Gasteiger partial charge in [-0.15, -0.1) is 0 Å². The largest absolute Gasteiger partial charge is 0.416 e. The Bertz CT molecular complexity index is 1520. The van der Waals surface area contributed by atoms with Gasteiger partial charge in [0.25, 0.3) is 17.7 Å². The van der Waals surface area contributed by atoms with Gasteiger partial charge in [-0.1, -0.05) is 23.8 Å². The van der Waals surface area contributed by atoms with Gasteiger partial charge in [0.1, 0.15) is 0 Å². The first-order valence-corrected chi connectivity index (χ1v) is 11.6. The van der Waals surface area contributed by atoms with Crippen LogP contribution in [0.3, 0.4) is 0 Å². The minimum absolute atomic E-state index is 0.130. The van der Waals surface area contributed by atoms with Gasteiger partial charge in [0.15, 0.2) is 5.92 Å². The molecule has 13 heteroatoms. The number of aryl methyl sites for hydroxylation is 1. The Balaban J connectivity index is 1.40. The first-order chi connectivity index (χ1) is 18.9. The van der Waals surface area contributed by atoms with E-state index in [1.165, 1.54) is 24.3 Å². The Labute approximate surface area is 224 Å². The first kappa shape index (κ1) is 27.7. The molecule has 0 bridgehead atoms. The van der Waals surface area contributed by atoms with Gasteiger partial charge in [0.2, 0.25) is 5.91 Å². The SMILES string of the molecule is Cc1ccc(C(=O)Nc2ccc(C(=O)N/N=C\[C@@H]3C(=O)NC(=O)N(c4cccc(C(F)(F)F)c4)C3=O)cc2)cc1. The number of carbonyl (C=O) groups is 5. The molecule has 10 nitrogen and oxygen atoms in total. The Morgan fingerprint density at radius 2 is 1.55 bits per heavy atom. The molecule has 204 valence electrons. The second-order valence-electron chi connectivity index (χ2n) is 8.61. The molecule has 3 aromatic carbocycles. The second-order valence-corrected chi connectivity index (χ2v) is 8.61. The summed E-state index contributed by atoms with van der Waals surface area (Å²) in [5.41, 5.74) is 2.65. The molecule has 0 spiro atoms. The molecule has 0 aliphatic carbocycles. The Morgan fingerprint density at radius 1 is 0.925 bits per heavy atom. The van der Waals surface area contributed by atoms with Crippen molar-refractivity contribution < 1.29 is 37.1 Å². The monoisotopic (exact) mass is 551 g/mol. The predicted octanol–water partition coefficient (Wildman–Crippen LogP) is 3.88. The van der Waals surface area contributed by atoms with Crippen molar-refractivity contribution in [3.05, 3.63) is 95.1 Å². The number of anilines is 2. The van der Waals surface area contributed by atoms with Gasteiger partial charge < -0.3 is 5.32 Å². The molecule has 40 heavy (non-hydrogen) atoms. The quantitative estimate of drug-likeness (QED) is 0.243. The predicted molar refractivity (Wildman–Crippen MR) is 137 cm³/mol. The van der Waals surface area contributed by atoms with Gasteiger partial charge in [-0.25, -0.2) is 15.1 Å². The van der Waals surface area contributed by atoms with Gasteiger partial charge in [0, 0.05) is 23.0 Å². The number of carbonyl (C=O) groups excluding carboxylic acids is 5. The number of benzene rings is 3. The van der Waals surface area contributed by atoms with Crippen LogP contribution in [-0.2, 0) is 15.8 Å². The number of urea groups is 1. The van der Waals surface area contributed by atoms with E-state index in [1.807, 2.05) is 12.2 Å². The molecule has 3 N–H and O–H groups in total. The van der Waals surface area contributed by atoms with Crippen molar-refractivity contribution in [2.24, 2.45) is 11.0 Å². The highest BCUT2D eigenvalue weighted by atomic mass is 19.4. The summed E-state index contributed by atoms with van der Waals surface area (Å²) in [5.74, 6) is -4.98. The zero-order valence-corrected chi connectivity index (χ0v) is 20.7. The van der Waals surface area contributed by atoms with Crippen molar-refractivity contribution in [2.75, 3.05) is 10.2 Å². The highest BCUT2D eigenvalue weighted by Gasteiger charge is 2.41. The Morgan fingerprint density at radius 3 is 2.20 bits per heavy atom. The first-order valence-electron chi connectivity index (χ1n) is 11.6. The Hall–Kier alpha value is -5.33. The van der Waals surface area contributed by atoms with Gasteiger partial charge >= 0.3 is 12.2 Å². The molecule has 0 unspecified atom stereocenters. The van der Waals surface area contributed by atoms with Gasteiger partial charge in [0.05, 0.1) is 11.3 Å². The maximum Gasteiger partial charge on any atom is 0.416 e. The van der Waals surface area contributed by atoms with Gasteiger partial charge in [-0.2, -0.15) is 18.3 Å². The smallest absolute Gasteiger partial charge is 0.322 e. The molecule has 6 amide bonds. The summed E-state index contributed by atoms with van der Waals surface area (Å²) in [7, 11) is 0. The summed E-state index contributed by atoms with van der Waals surface area (Å²) in [4.78, 5) is 62.4. The molecular formula is C27H20F3N5O5. The number of nitrogens with one attached hydrogen (secondary N) is 3. The molecule has 0 radical (unpaired) electrons. The van der Waals surface area contributed by atoms with Crippen LogP contribution < -0.4 is 21.0 Å². The van der Waals surface area contributed by atoms with Crippen LogP contribution in [0.4, 0.5) is 29.3 Å². The Kier molecular flexibility index (Phi) is 7.75. The van der Waals surface area contributed by atoms with E-state index in [0.29, 0.717) is 22.2 Å². The second kappa shape index (κ2) is 11.2. The van der Waals surface area contributed by atoms with Crippen molar-refractivity contribution in [3.8, 4) is 0 Å². The van der Waals surface area contributed by atoms with Crippen LogP contribution >= 0.6 is 0 Å². The molecule has 0 saturated carbocycles. The topological polar surface area (TPSA) is 137 Å². The summed E-state index contributed by atoms with van der Waals surface area (Å²) in [6, 6.07) is 15.0. The maximum atomic E-state index is 13.1. The highest BCUT2D eigenvalue weighted by molar-refractivity contribution is 6.32. The van der Waals surface area contributed by atoms with E-state index in [2.05, 4.69) is 15.8 Å². The number of rotatable bonds is 6. The number of imide groups is 2. The number of hydrogen-bond donors (Lipinski definition) is 3. The lowest BCUT2D eigenvalue weighted by Crippen LogP contribution is -2.58. The fourth-order valence-electron chi connectivity index (χ4n) is 3.64. The zero-order valence-electron chi connectivity index (χ0n) is 20.7. The lowest BCUT2D eigenvalue weighted by molar-refractivity contribution is -0.138. The summed E-state index contributed by atoms with van der Waals surface area (Å²) < 4.78 is 39.2. The number of nitrogens with zero attached hydrogens (tertiary/aromatic N) is 2. The minimum Gasteiger partial charge on any atom is -0.322 e. The van der Waals surface area contributed by atoms with Gasteiger partial charge in [-0.05, 0) is 61.5 Å². The molecule has 0 aromatic heterocycles. The van der Waals surface area contributed by atoms with Crippen LogP contribution in [0.1, 0.15) is 31.8 Å². The van der Waals surface area contributed by atoms with Crippen LogP contribution in [0.2, 0.25) is 0 Å². The summed E-state index contributed by atoms with van der Waals surface area (Å²) >= 11 is 0. The van der Waals surface area contributed by atoms with Crippen LogP contribution in [0, 0.1) is 12.8 Å². The summed E-state index contributed by atoms with van der Waals surface area (Å²) in [5, 5.41) is 8.18. The number of amides is 6. The van der Waals surface area contributed by atoms with Crippen molar-refractivity contribution in [3.63, 3.8) is 0 Å². The van der Waals surface area contributed by atoms with Crippen molar-refractivity contribution in [1.29, 1.82) is 0 Å². The van der Waals surface area contributed by atoms with Crippen molar-refractivity contribution in [2.45, 2.75) is 13.1 Å². The summed E-state index contributed by atoms with van der Waals surface area (Å²) in [6.07, 6.45) is -3.96. The fourth-order valence-corrected chi connectivity index (χ4v) is 3.64. The van der Waals surface area contributed by atoms with E-state index in [0.717, 1.165) is 30.0 Å². The standard InChI is InChI=1S/C27H20F3N5O5/c1-15-5-7-16(8-6-15)22(36)32-19-11-9-17(10-12-19)23(37)34-31-14-21-24(38)33-26(40)35(25(21)39)20-4-2-3-18(13-20)27(28,29)30/h2-14,21H,1H3,(H,32,36)(H,34,37)(H,33,38,40)/b31-14-/t21-/m1/s1. The molecule has 1 atom stereocenters. The number of barbiturate groups is 1. The van der Waals surface area contributed by atoms with Crippen LogP contribution in [-0.4, -0.2) is 35.9 Å². The molecule has 3 aromatic rings. The lowest BCUT2D eigenvalue weighted by Gasteiger charge is -2.28. The average molecular weight is 551 g/mol. The number of hydrogen-bond acceptors (Lipinski definition) is 6. The van der Waals surface area contributed by atoms with E-state index in [-0.39, 0.29) is 11.5 Å². The van der Waals surface area contributed by atoms with Crippen molar-refractivity contribution >= 4 is 47.2 Å². The van der Waals surface area contributed by atoms with Crippen molar-refractivity contribution in [1.82, 2.24) is 10.7 Å². The van der Waals surface area contributed by atoms with Crippen LogP contribution in [0.15, 0.2) is 77.9 Å². The zero-order chi connectivity index (χ0) is 29.0.